The van der Waals surface area contributed by atoms with Crippen LogP contribution in [0.3, 0.4) is 0 Å². The van der Waals surface area contributed by atoms with Gasteiger partial charge in [0, 0.05) is 19.6 Å². The summed E-state index contributed by atoms with van der Waals surface area (Å²) < 4.78 is 5.31. The van der Waals surface area contributed by atoms with Crippen LogP contribution in [0.1, 0.15) is 20.3 Å². The standard InChI is InChI=1S/C12H26N2O2/c1-12(2,15)11-13(3)5-4-6-14-7-9-16-10-8-14/h15H,4-11H2,1-3H3. The van der Waals surface area contributed by atoms with Crippen molar-refractivity contribution in [3.05, 3.63) is 0 Å². The Kier molecular flexibility index (Phi) is 5.69. The highest BCUT2D eigenvalue weighted by molar-refractivity contribution is 4.70. The molecule has 0 aromatic rings. The fourth-order valence-corrected chi connectivity index (χ4v) is 2.13. The molecule has 1 rings (SSSR count). The van der Waals surface area contributed by atoms with Gasteiger partial charge < -0.3 is 14.7 Å². The molecule has 0 radical (unpaired) electrons. The summed E-state index contributed by atoms with van der Waals surface area (Å²) in [7, 11) is 2.07. The molecule has 1 heterocycles. The number of likely N-dealkylation sites (N-methyl/N-ethyl adjacent to an activating group) is 1. The second-order valence-corrected chi connectivity index (χ2v) is 5.36. The molecule has 1 N–H and O–H groups in total. The minimum Gasteiger partial charge on any atom is -0.389 e. The molecular weight excluding hydrogens is 204 g/mol. The lowest BCUT2D eigenvalue weighted by Gasteiger charge is -2.29. The van der Waals surface area contributed by atoms with Gasteiger partial charge in [-0.3, -0.25) is 4.90 Å². The topological polar surface area (TPSA) is 35.9 Å². The first kappa shape index (κ1) is 13.9. The van der Waals surface area contributed by atoms with Crippen molar-refractivity contribution in [3.8, 4) is 0 Å². The van der Waals surface area contributed by atoms with Gasteiger partial charge in [0.25, 0.3) is 0 Å². The molecule has 0 amide bonds. The molecule has 0 saturated carbocycles. The van der Waals surface area contributed by atoms with Crippen LogP contribution in [0.2, 0.25) is 0 Å². The van der Waals surface area contributed by atoms with Crippen molar-refractivity contribution in [1.29, 1.82) is 0 Å². The van der Waals surface area contributed by atoms with Crippen molar-refractivity contribution in [3.63, 3.8) is 0 Å². The van der Waals surface area contributed by atoms with Gasteiger partial charge in [0.15, 0.2) is 0 Å². The van der Waals surface area contributed by atoms with Gasteiger partial charge in [-0.05, 0) is 40.4 Å². The second-order valence-electron chi connectivity index (χ2n) is 5.36. The number of morpholine rings is 1. The molecule has 0 spiro atoms. The van der Waals surface area contributed by atoms with Crippen molar-refractivity contribution >= 4 is 0 Å². The normalized spacial score (nSPS) is 19.3. The van der Waals surface area contributed by atoms with E-state index in [2.05, 4.69) is 16.8 Å². The molecule has 16 heavy (non-hydrogen) atoms. The summed E-state index contributed by atoms with van der Waals surface area (Å²) in [6.45, 7) is 10.5. The molecule has 0 aliphatic carbocycles. The number of aliphatic hydroxyl groups is 1. The molecule has 1 saturated heterocycles. The number of nitrogens with zero attached hydrogens (tertiary/aromatic N) is 2. The Bertz CT molecular complexity index is 186. The predicted molar refractivity (Wildman–Crippen MR) is 65.7 cm³/mol. The van der Waals surface area contributed by atoms with Crippen LogP contribution in [0.5, 0.6) is 0 Å². The van der Waals surface area contributed by atoms with E-state index >= 15 is 0 Å². The van der Waals surface area contributed by atoms with E-state index in [1.807, 2.05) is 13.8 Å². The second kappa shape index (κ2) is 6.55. The van der Waals surface area contributed by atoms with E-state index in [0.29, 0.717) is 0 Å². The maximum absolute atomic E-state index is 9.67. The molecule has 1 fully saturated rings. The molecule has 1 aliphatic rings. The molecule has 0 atom stereocenters. The molecule has 0 unspecified atom stereocenters. The fourth-order valence-electron chi connectivity index (χ4n) is 2.13. The van der Waals surface area contributed by atoms with E-state index in [1.54, 1.807) is 0 Å². The van der Waals surface area contributed by atoms with Gasteiger partial charge in [0.05, 0.1) is 18.8 Å². The summed E-state index contributed by atoms with van der Waals surface area (Å²) in [5, 5.41) is 9.67. The summed E-state index contributed by atoms with van der Waals surface area (Å²) in [5.74, 6) is 0. The first-order valence-corrected chi connectivity index (χ1v) is 6.18. The number of hydrogen-bond acceptors (Lipinski definition) is 4. The van der Waals surface area contributed by atoms with Crippen LogP contribution in [0.4, 0.5) is 0 Å². The van der Waals surface area contributed by atoms with Crippen molar-refractivity contribution in [2.75, 3.05) is 53.0 Å². The molecular formula is C12H26N2O2. The lowest BCUT2D eigenvalue weighted by atomic mass is 10.1. The Morgan fingerprint density at radius 3 is 2.50 bits per heavy atom. The average molecular weight is 230 g/mol. The SMILES string of the molecule is CN(CCCN1CCOCC1)CC(C)(C)O. The summed E-state index contributed by atoms with van der Waals surface area (Å²) in [6.07, 6.45) is 1.16. The van der Waals surface area contributed by atoms with Crippen LogP contribution in [-0.2, 0) is 4.74 Å². The van der Waals surface area contributed by atoms with E-state index in [1.165, 1.54) is 0 Å². The first-order chi connectivity index (χ1) is 7.47. The fraction of sp³-hybridized carbons (Fsp3) is 1.00. The van der Waals surface area contributed by atoms with Gasteiger partial charge in [0.2, 0.25) is 0 Å². The molecule has 1 aliphatic heterocycles. The van der Waals surface area contributed by atoms with Gasteiger partial charge in [-0.1, -0.05) is 0 Å². The zero-order valence-electron chi connectivity index (χ0n) is 10.9. The van der Waals surface area contributed by atoms with Gasteiger partial charge in [0.1, 0.15) is 0 Å². The lowest BCUT2D eigenvalue weighted by molar-refractivity contribution is 0.0305. The molecule has 96 valence electrons. The molecule has 0 aromatic carbocycles. The quantitative estimate of drug-likeness (QED) is 0.717. The molecule has 4 heteroatoms. The monoisotopic (exact) mass is 230 g/mol. The summed E-state index contributed by atoms with van der Waals surface area (Å²) in [6, 6.07) is 0. The maximum atomic E-state index is 9.67. The van der Waals surface area contributed by atoms with Crippen molar-refractivity contribution in [2.45, 2.75) is 25.9 Å². The summed E-state index contributed by atoms with van der Waals surface area (Å²) in [4.78, 5) is 4.64. The maximum Gasteiger partial charge on any atom is 0.0718 e. The van der Waals surface area contributed by atoms with Gasteiger partial charge in [-0.15, -0.1) is 0 Å². The molecule has 0 bridgehead atoms. The van der Waals surface area contributed by atoms with E-state index in [0.717, 1.165) is 52.4 Å². The third-order valence-corrected chi connectivity index (χ3v) is 2.77. The highest BCUT2D eigenvalue weighted by Gasteiger charge is 2.15. The summed E-state index contributed by atoms with van der Waals surface area (Å²) >= 11 is 0. The Balaban J connectivity index is 2.05. The van der Waals surface area contributed by atoms with Gasteiger partial charge in [-0.25, -0.2) is 0 Å². The van der Waals surface area contributed by atoms with Crippen molar-refractivity contribution in [1.82, 2.24) is 9.80 Å². The third kappa shape index (κ3) is 6.43. The van der Waals surface area contributed by atoms with Crippen molar-refractivity contribution < 1.29 is 9.84 Å². The zero-order valence-corrected chi connectivity index (χ0v) is 10.9. The van der Waals surface area contributed by atoms with E-state index in [4.69, 9.17) is 4.74 Å². The van der Waals surface area contributed by atoms with Crippen LogP contribution in [0.25, 0.3) is 0 Å². The smallest absolute Gasteiger partial charge is 0.0718 e. The van der Waals surface area contributed by atoms with Crippen LogP contribution in [-0.4, -0.2) is 73.5 Å². The number of hydrogen-bond donors (Lipinski definition) is 1. The number of ether oxygens (including phenoxy) is 1. The molecule has 4 nitrogen and oxygen atoms in total. The number of rotatable bonds is 6. The Morgan fingerprint density at radius 1 is 1.31 bits per heavy atom. The van der Waals surface area contributed by atoms with Crippen LogP contribution in [0, 0.1) is 0 Å². The van der Waals surface area contributed by atoms with E-state index in [9.17, 15) is 5.11 Å². The highest BCUT2D eigenvalue weighted by Crippen LogP contribution is 2.04. The third-order valence-electron chi connectivity index (χ3n) is 2.77. The average Bonchev–Trinajstić information content (AvgIpc) is 2.16. The van der Waals surface area contributed by atoms with Crippen LogP contribution >= 0.6 is 0 Å². The first-order valence-electron chi connectivity index (χ1n) is 6.18. The van der Waals surface area contributed by atoms with Gasteiger partial charge in [-0.2, -0.15) is 0 Å². The Labute approximate surface area is 99.2 Å². The van der Waals surface area contributed by atoms with Crippen molar-refractivity contribution in [2.24, 2.45) is 0 Å². The largest absolute Gasteiger partial charge is 0.389 e. The van der Waals surface area contributed by atoms with E-state index in [-0.39, 0.29) is 0 Å². The minimum absolute atomic E-state index is 0.590. The predicted octanol–water partition coefficient (Wildman–Crippen LogP) is 0.411. The minimum atomic E-state index is -0.590. The van der Waals surface area contributed by atoms with E-state index < -0.39 is 5.60 Å². The Hall–Kier alpha value is -0.160. The highest BCUT2D eigenvalue weighted by atomic mass is 16.5. The lowest BCUT2D eigenvalue weighted by Crippen LogP contribution is -2.40. The zero-order chi connectivity index (χ0) is 12.0. The summed E-state index contributed by atoms with van der Waals surface area (Å²) in [5.41, 5.74) is -0.590. The van der Waals surface area contributed by atoms with Gasteiger partial charge >= 0.3 is 0 Å². The Morgan fingerprint density at radius 2 is 1.94 bits per heavy atom. The van der Waals surface area contributed by atoms with Crippen LogP contribution in [0.15, 0.2) is 0 Å². The molecule has 0 aromatic heterocycles. The van der Waals surface area contributed by atoms with Crippen LogP contribution < -0.4 is 0 Å².